The van der Waals surface area contributed by atoms with Gasteiger partial charge >= 0.3 is 0 Å². The molecule has 4 aromatic carbocycles. The van der Waals surface area contributed by atoms with Gasteiger partial charge in [0.25, 0.3) is 0 Å². The lowest BCUT2D eigenvalue weighted by molar-refractivity contribution is 0.306. The highest BCUT2D eigenvalue weighted by molar-refractivity contribution is 7.19. The highest BCUT2D eigenvalue weighted by atomic mass is 35.5. The van der Waals surface area contributed by atoms with Crippen molar-refractivity contribution < 1.29 is 4.74 Å². The Kier molecular flexibility index (Phi) is 7.62. The largest absolute Gasteiger partial charge is 0.489 e. The number of anilines is 1. The van der Waals surface area contributed by atoms with Gasteiger partial charge in [0.15, 0.2) is 0 Å². The minimum Gasteiger partial charge on any atom is -0.489 e. The summed E-state index contributed by atoms with van der Waals surface area (Å²) in [6.07, 6.45) is 1.76. The SMILES string of the molecule is Clc1ccc(COc2ccc(/C=N\Nc3nc(-c4ccc(Cl)cc4)c(-c4ccccc4)s3)cc2)cc1. The number of nitrogens with zero attached hydrogens (tertiary/aromatic N) is 2. The molecule has 0 fully saturated rings. The molecule has 5 aromatic rings. The highest BCUT2D eigenvalue weighted by Gasteiger charge is 2.14. The molecule has 0 spiro atoms. The molecule has 0 unspecified atom stereocenters. The zero-order valence-electron chi connectivity index (χ0n) is 19.1. The summed E-state index contributed by atoms with van der Waals surface area (Å²) in [5.41, 5.74) is 8.08. The predicted molar refractivity (Wildman–Crippen MR) is 151 cm³/mol. The molecule has 0 saturated heterocycles. The molecule has 178 valence electrons. The Bertz CT molecular complexity index is 1450. The van der Waals surface area contributed by atoms with Crippen LogP contribution in [0.2, 0.25) is 10.0 Å². The number of nitrogens with one attached hydrogen (secondary N) is 1. The Morgan fingerprint density at radius 1 is 0.778 bits per heavy atom. The van der Waals surface area contributed by atoms with Crippen molar-refractivity contribution in [3.8, 4) is 27.4 Å². The van der Waals surface area contributed by atoms with Gasteiger partial charge in [-0.1, -0.05) is 89.1 Å². The quantitative estimate of drug-likeness (QED) is 0.161. The Morgan fingerprint density at radius 2 is 1.44 bits per heavy atom. The number of hydrogen-bond acceptors (Lipinski definition) is 5. The number of thiazole rings is 1. The minimum atomic E-state index is 0.482. The summed E-state index contributed by atoms with van der Waals surface area (Å²) in [5, 5.41) is 6.51. The molecule has 7 heteroatoms. The monoisotopic (exact) mass is 529 g/mol. The van der Waals surface area contributed by atoms with Crippen molar-refractivity contribution in [2.45, 2.75) is 6.61 Å². The number of aromatic nitrogens is 1. The lowest BCUT2D eigenvalue weighted by Crippen LogP contribution is -1.95. The molecule has 0 atom stereocenters. The van der Waals surface area contributed by atoms with E-state index < -0.39 is 0 Å². The van der Waals surface area contributed by atoms with E-state index in [1.165, 1.54) is 0 Å². The van der Waals surface area contributed by atoms with E-state index in [0.29, 0.717) is 21.8 Å². The van der Waals surface area contributed by atoms with E-state index in [9.17, 15) is 0 Å². The van der Waals surface area contributed by atoms with Crippen LogP contribution in [0.4, 0.5) is 5.13 Å². The van der Waals surface area contributed by atoms with Crippen molar-refractivity contribution in [2.24, 2.45) is 5.10 Å². The summed E-state index contributed by atoms with van der Waals surface area (Å²) in [4.78, 5) is 5.88. The van der Waals surface area contributed by atoms with Gasteiger partial charge in [0, 0.05) is 15.6 Å². The topological polar surface area (TPSA) is 46.5 Å². The van der Waals surface area contributed by atoms with E-state index in [-0.39, 0.29) is 0 Å². The molecule has 0 amide bonds. The van der Waals surface area contributed by atoms with Gasteiger partial charge in [-0.15, -0.1) is 0 Å². The van der Waals surface area contributed by atoms with Crippen LogP contribution in [0.3, 0.4) is 0 Å². The maximum absolute atomic E-state index is 6.09. The van der Waals surface area contributed by atoms with E-state index in [1.54, 1.807) is 17.6 Å². The van der Waals surface area contributed by atoms with E-state index in [2.05, 4.69) is 22.7 Å². The van der Waals surface area contributed by atoms with Crippen molar-refractivity contribution in [2.75, 3.05) is 5.43 Å². The third-order valence-electron chi connectivity index (χ3n) is 5.35. The number of halogens is 2. The first-order valence-electron chi connectivity index (χ1n) is 11.2. The smallest absolute Gasteiger partial charge is 0.204 e. The third-order valence-corrected chi connectivity index (χ3v) is 6.87. The third kappa shape index (κ3) is 6.13. The molecule has 0 bridgehead atoms. The van der Waals surface area contributed by atoms with Gasteiger partial charge in [-0.05, 0) is 65.2 Å². The van der Waals surface area contributed by atoms with E-state index >= 15 is 0 Å². The zero-order valence-corrected chi connectivity index (χ0v) is 21.4. The molecule has 0 aliphatic rings. The summed E-state index contributed by atoms with van der Waals surface area (Å²) in [5.74, 6) is 0.787. The molecule has 1 aromatic heterocycles. The second kappa shape index (κ2) is 11.4. The molecule has 4 nitrogen and oxygen atoms in total. The molecule has 0 aliphatic carbocycles. The summed E-state index contributed by atoms with van der Waals surface area (Å²) >= 11 is 13.6. The highest BCUT2D eigenvalue weighted by Crippen LogP contribution is 2.39. The van der Waals surface area contributed by atoms with E-state index in [0.717, 1.165) is 38.6 Å². The standard InChI is InChI=1S/C29H21Cl2N3OS/c30-24-12-6-21(7-13-24)19-35-26-16-8-20(9-17-26)18-32-34-29-33-27(22-10-14-25(31)15-11-22)28(36-29)23-4-2-1-3-5-23/h1-18H,19H2,(H,33,34)/b32-18-. The predicted octanol–water partition coefficient (Wildman–Crippen LogP) is 8.81. The van der Waals surface area contributed by atoms with Gasteiger partial charge < -0.3 is 4.74 Å². The van der Waals surface area contributed by atoms with Crippen molar-refractivity contribution in [1.29, 1.82) is 0 Å². The van der Waals surface area contributed by atoms with E-state index in [4.69, 9.17) is 32.9 Å². The van der Waals surface area contributed by atoms with Crippen LogP contribution >= 0.6 is 34.5 Å². The number of benzene rings is 4. The first kappa shape index (κ1) is 24.1. The van der Waals surface area contributed by atoms with Crippen molar-refractivity contribution in [1.82, 2.24) is 4.98 Å². The maximum Gasteiger partial charge on any atom is 0.204 e. The van der Waals surface area contributed by atoms with Gasteiger partial charge in [-0.25, -0.2) is 4.98 Å². The summed E-state index contributed by atoms with van der Waals surface area (Å²) < 4.78 is 5.85. The number of hydrogen-bond donors (Lipinski definition) is 1. The van der Waals surface area contributed by atoms with Crippen LogP contribution in [0, 0.1) is 0 Å². The number of rotatable bonds is 8. The van der Waals surface area contributed by atoms with Crippen molar-refractivity contribution in [3.05, 3.63) is 124 Å². The lowest BCUT2D eigenvalue weighted by Gasteiger charge is -2.06. The summed E-state index contributed by atoms with van der Waals surface area (Å²) in [7, 11) is 0. The summed E-state index contributed by atoms with van der Waals surface area (Å²) in [6.45, 7) is 0.482. The Hall–Kier alpha value is -3.64. The van der Waals surface area contributed by atoms with Crippen LogP contribution in [0.1, 0.15) is 11.1 Å². The van der Waals surface area contributed by atoms with Gasteiger partial charge in [0.05, 0.1) is 16.8 Å². The molecule has 1 N–H and O–H groups in total. The van der Waals surface area contributed by atoms with Crippen LogP contribution < -0.4 is 10.2 Å². The van der Waals surface area contributed by atoms with E-state index in [1.807, 2.05) is 91.0 Å². The molecule has 0 saturated carbocycles. The van der Waals surface area contributed by atoms with Crippen LogP contribution in [0.25, 0.3) is 21.7 Å². The average Bonchev–Trinajstić information content (AvgIpc) is 3.34. The van der Waals surface area contributed by atoms with Gasteiger partial charge in [0.1, 0.15) is 12.4 Å². The molecule has 0 radical (unpaired) electrons. The van der Waals surface area contributed by atoms with Crippen LogP contribution in [0.15, 0.2) is 108 Å². The Morgan fingerprint density at radius 3 is 2.14 bits per heavy atom. The molecular formula is C29H21Cl2N3OS. The Labute approximate surface area is 223 Å². The van der Waals surface area contributed by atoms with Crippen LogP contribution in [0.5, 0.6) is 5.75 Å². The van der Waals surface area contributed by atoms with Gasteiger partial charge in [-0.2, -0.15) is 5.10 Å². The fourth-order valence-corrected chi connectivity index (χ4v) is 4.71. The molecular weight excluding hydrogens is 509 g/mol. The minimum absolute atomic E-state index is 0.482. The number of hydrazone groups is 1. The first-order valence-corrected chi connectivity index (χ1v) is 12.8. The number of ether oxygens (including phenoxy) is 1. The second-order valence-corrected chi connectivity index (χ2v) is 9.80. The second-order valence-electron chi connectivity index (χ2n) is 7.92. The van der Waals surface area contributed by atoms with Crippen molar-refractivity contribution in [3.63, 3.8) is 0 Å². The fraction of sp³-hybridized carbons (Fsp3) is 0.0345. The van der Waals surface area contributed by atoms with Crippen LogP contribution in [-0.2, 0) is 6.61 Å². The Balaban J connectivity index is 1.27. The van der Waals surface area contributed by atoms with Gasteiger partial charge in [0.2, 0.25) is 5.13 Å². The maximum atomic E-state index is 6.09. The first-order chi connectivity index (χ1) is 17.6. The molecule has 5 rings (SSSR count). The zero-order chi connectivity index (χ0) is 24.7. The molecule has 36 heavy (non-hydrogen) atoms. The lowest BCUT2D eigenvalue weighted by atomic mass is 10.1. The normalized spacial score (nSPS) is 11.1. The fourth-order valence-electron chi connectivity index (χ4n) is 3.52. The average molecular weight is 530 g/mol. The van der Waals surface area contributed by atoms with Crippen molar-refractivity contribution >= 4 is 45.9 Å². The van der Waals surface area contributed by atoms with Crippen LogP contribution in [-0.4, -0.2) is 11.2 Å². The van der Waals surface area contributed by atoms with Gasteiger partial charge in [-0.3, -0.25) is 5.43 Å². The molecule has 0 aliphatic heterocycles. The molecule has 1 heterocycles. The summed E-state index contributed by atoms with van der Waals surface area (Å²) in [6, 6.07) is 33.3.